The summed E-state index contributed by atoms with van der Waals surface area (Å²) in [5.41, 5.74) is 4.21. The van der Waals surface area contributed by atoms with E-state index in [1.165, 1.54) is 0 Å². The first kappa shape index (κ1) is 14.5. The quantitative estimate of drug-likeness (QED) is 0.673. The van der Waals surface area contributed by atoms with Crippen molar-refractivity contribution < 1.29 is 4.92 Å². The molecule has 0 atom stereocenters. The third-order valence-electron chi connectivity index (χ3n) is 3.55. The van der Waals surface area contributed by atoms with Crippen LogP contribution in [0, 0.1) is 10.1 Å². The zero-order chi connectivity index (χ0) is 15.5. The van der Waals surface area contributed by atoms with Crippen molar-refractivity contribution >= 4 is 17.3 Å². The molecule has 0 bridgehead atoms. The van der Waals surface area contributed by atoms with Crippen molar-refractivity contribution in [1.29, 1.82) is 0 Å². The molecule has 0 spiro atoms. The molecule has 3 rings (SSSR count). The van der Waals surface area contributed by atoms with Gasteiger partial charge in [0.05, 0.1) is 17.2 Å². The van der Waals surface area contributed by atoms with E-state index in [1.54, 1.807) is 6.08 Å². The molecule has 0 unspecified atom stereocenters. The van der Waals surface area contributed by atoms with Gasteiger partial charge in [0.15, 0.2) is 0 Å². The summed E-state index contributed by atoms with van der Waals surface area (Å²) in [5, 5.41) is 14.7. The molecule has 1 aromatic rings. The number of benzene rings is 1. The summed E-state index contributed by atoms with van der Waals surface area (Å²) in [7, 11) is 0. The molecule has 1 aliphatic carbocycles. The Morgan fingerprint density at radius 2 is 2.14 bits per heavy atom. The first-order valence-corrected chi connectivity index (χ1v) is 7.32. The van der Waals surface area contributed by atoms with Crippen LogP contribution in [0.5, 0.6) is 0 Å². The lowest BCUT2D eigenvalue weighted by molar-refractivity contribution is -0.403. The number of nitrogens with one attached hydrogen (secondary N) is 1. The van der Waals surface area contributed by atoms with Gasteiger partial charge in [0.1, 0.15) is 0 Å². The lowest BCUT2D eigenvalue weighted by atomic mass is 9.91. The van der Waals surface area contributed by atoms with Crippen LogP contribution in [0.1, 0.15) is 12.0 Å². The number of halogens is 1. The predicted molar refractivity (Wildman–Crippen MR) is 86.7 cm³/mol. The highest BCUT2D eigenvalue weighted by Gasteiger charge is 2.22. The minimum absolute atomic E-state index is 0.429. The molecule has 2 aliphatic rings. The Morgan fingerprint density at radius 1 is 1.32 bits per heavy atom. The molecule has 0 amide bonds. The Balaban J connectivity index is 2.06. The Bertz CT molecular complexity index is 748. The van der Waals surface area contributed by atoms with E-state index in [2.05, 4.69) is 10.3 Å². The molecule has 1 aromatic carbocycles. The second-order valence-corrected chi connectivity index (χ2v) is 5.44. The first-order valence-electron chi connectivity index (χ1n) is 6.94. The smallest absolute Gasteiger partial charge is 0.237 e. The molecule has 1 heterocycles. The van der Waals surface area contributed by atoms with Gasteiger partial charge in [-0.25, -0.2) is 0 Å². The average molecular weight is 316 g/mol. The summed E-state index contributed by atoms with van der Waals surface area (Å²) in [5.74, 6) is 0. The standard InChI is InChI=1S/C16H14ClN3O2/c17-14-4-2-1-3-12(14)16-13-9-11(10-20(21)22)5-6-15(13)18-7-8-19-16/h1-6,10,18H,7-9H2. The van der Waals surface area contributed by atoms with Crippen molar-refractivity contribution in [3.05, 3.63) is 80.2 Å². The maximum absolute atomic E-state index is 10.7. The fourth-order valence-corrected chi connectivity index (χ4v) is 2.83. The average Bonchev–Trinajstić information content (AvgIpc) is 2.69. The van der Waals surface area contributed by atoms with E-state index in [-0.39, 0.29) is 0 Å². The number of nitrogens with zero attached hydrogens (tertiary/aromatic N) is 2. The first-order chi connectivity index (χ1) is 10.6. The zero-order valence-electron chi connectivity index (χ0n) is 11.8. The maximum atomic E-state index is 10.7. The Morgan fingerprint density at radius 3 is 2.91 bits per heavy atom. The van der Waals surface area contributed by atoms with E-state index in [1.807, 2.05) is 30.3 Å². The van der Waals surface area contributed by atoms with Crippen LogP contribution in [0.25, 0.3) is 0 Å². The molecule has 0 fully saturated rings. The van der Waals surface area contributed by atoms with Gasteiger partial charge in [0.25, 0.3) is 0 Å². The summed E-state index contributed by atoms with van der Waals surface area (Å²) in [6.45, 7) is 1.36. The number of rotatable bonds is 2. The molecule has 1 aliphatic heterocycles. The normalized spacial score (nSPS) is 19.3. The van der Waals surface area contributed by atoms with Gasteiger partial charge < -0.3 is 5.32 Å². The maximum Gasteiger partial charge on any atom is 0.237 e. The van der Waals surface area contributed by atoms with E-state index >= 15 is 0 Å². The number of hydrogen-bond acceptors (Lipinski definition) is 4. The van der Waals surface area contributed by atoms with Gasteiger partial charge in [0.2, 0.25) is 6.20 Å². The number of nitro groups is 1. The molecule has 22 heavy (non-hydrogen) atoms. The fourth-order valence-electron chi connectivity index (χ4n) is 2.60. The highest BCUT2D eigenvalue weighted by molar-refractivity contribution is 6.35. The van der Waals surface area contributed by atoms with Gasteiger partial charge >= 0.3 is 0 Å². The van der Waals surface area contributed by atoms with Gasteiger partial charge in [-0.15, -0.1) is 0 Å². The van der Waals surface area contributed by atoms with Crippen LogP contribution in [0.4, 0.5) is 0 Å². The lowest BCUT2D eigenvalue weighted by Gasteiger charge is -2.18. The van der Waals surface area contributed by atoms with Gasteiger partial charge in [-0.1, -0.05) is 35.9 Å². The molecule has 0 saturated carbocycles. The molecule has 0 radical (unpaired) electrons. The van der Waals surface area contributed by atoms with Gasteiger partial charge in [-0.3, -0.25) is 15.1 Å². The van der Waals surface area contributed by atoms with Crippen LogP contribution in [0.3, 0.4) is 0 Å². The molecular formula is C16H14ClN3O2. The Kier molecular flexibility index (Phi) is 4.06. The van der Waals surface area contributed by atoms with Crippen molar-refractivity contribution in [1.82, 2.24) is 5.32 Å². The van der Waals surface area contributed by atoms with Gasteiger partial charge in [-0.2, -0.15) is 0 Å². The van der Waals surface area contributed by atoms with E-state index < -0.39 is 4.92 Å². The molecule has 5 nitrogen and oxygen atoms in total. The number of allylic oxidation sites excluding steroid dienone is 4. The number of hydrogen-bond donors (Lipinski definition) is 1. The minimum atomic E-state index is -0.429. The van der Waals surface area contributed by atoms with Crippen LogP contribution < -0.4 is 5.32 Å². The molecule has 6 heteroatoms. The molecule has 0 saturated heterocycles. The van der Waals surface area contributed by atoms with Crippen LogP contribution in [-0.2, 0) is 0 Å². The predicted octanol–water partition coefficient (Wildman–Crippen LogP) is 3.11. The van der Waals surface area contributed by atoms with E-state index in [9.17, 15) is 10.1 Å². The molecule has 1 N–H and O–H groups in total. The molecule has 112 valence electrons. The van der Waals surface area contributed by atoms with Gasteiger partial charge in [0, 0.05) is 40.4 Å². The van der Waals surface area contributed by atoms with Crippen molar-refractivity contribution in [3.63, 3.8) is 0 Å². The van der Waals surface area contributed by atoms with Crippen LogP contribution >= 0.6 is 11.6 Å². The molecular weight excluding hydrogens is 302 g/mol. The van der Waals surface area contributed by atoms with Crippen molar-refractivity contribution in [2.45, 2.75) is 6.42 Å². The van der Waals surface area contributed by atoms with Crippen molar-refractivity contribution in [2.75, 3.05) is 13.1 Å². The highest BCUT2D eigenvalue weighted by Crippen LogP contribution is 2.29. The van der Waals surface area contributed by atoms with Crippen LogP contribution in [0.2, 0.25) is 5.02 Å². The summed E-state index contributed by atoms with van der Waals surface area (Å²) in [6, 6.07) is 7.53. The Labute approximate surface area is 132 Å². The van der Waals surface area contributed by atoms with Crippen molar-refractivity contribution in [3.8, 4) is 0 Å². The van der Waals surface area contributed by atoms with Crippen LogP contribution in [-0.4, -0.2) is 23.7 Å². The van der Waals surface area contributed by atoms with Gasteiger partial charge in [-0.05, 0) is 12.1 Å². The monoisotopic (exact) mass is 315 g/mol. The third kappa shape index (κ3) is 2.94. The zero-order valence-corrected chi connectivity index (χ0v) is 12.5. The SMILES string of the molecule is O=[N+]([O-])C=C1C=CC2=C(C1)C(c1ccccc1Cl)=NCCN2. The summed E-state index contributed by atoms with van der Waals surface area (Å²) in [4.78, 5) is 14.9. The lowest BCUT2D eigenvalue weighted by Crippen LogP contribution is -2.18. The second-order valence-electron chi connectivity index (χ2n) is 5.03. The second kappa shape index (κ2) is 6.15. The van der Waals surface area contributed by atoms with E-state index in [0.29, 0.717) is 23.6 Å². The third-order valence-corrected chi connectivity index (χ3v) is 3.88. The molecule has 0 aromatic heterocycles. The van der Waals surface area contributed by atoms with Crippen LogP contribution in [0.15, 0.2) is 64.5 Å². The summed E-state index contributed by atoms with van der Waals surface area (Å²) in [6.07, 6.45) is 5.13. The summed E-state index contributed by atoms with van der Waals surface area (Å²) >= 11 is 6.30. The topological polar surface area (TPSA) is 67.5 Å². The van der Waals surface area contributed by atoms with Crippen molar-refractivity contribution in [2.24, 2.45) is 4.99 Å². The largest absolute Gasteiger partial charge is 0.383 e. The van der Waals surface area contributed by atoms with E-state index in [0.717, 1.165) is 35.3 Å². The summed E-state index contributed by atoms with van der Waals surface area (Å²) < 4.78 is 0. The number of aliphatic imine (C=N–C) groups is 1. The highest BCUT2D eigenvalue weighted by atomic mass is 35.5. The fraction of sp³-hybridized carbons (Fsp3) is 0.188. The minimum Gasteiger partial charge on any atom is -0.383 e. The Hall–Kier alpha value is -2.40. The van der Waals surface area contributed by atoms with E-state index in [4.69, 9.17) is 11.6 Å².